The molecule has 1 amide bonds. The molecular weight excluding hydrogens is 360 g/mol. The van der Waals surface area contributed by atoms with E-state index in [-0.39, 0.29) is 17.5 Å². The van der Waals surface area contributed by atoms with Crippen LogP contribution in [0.4, 0.5) is 5.00 Å². The van der Waals surface area contributed by atoms with Gasteiger partial charge in [-0.3, -0.25) is 9.59 Å². The maximum atomic E-state index is 12.8. The van der Waals surface area contributed by atoms with Crippen LogP contribution in [-0.4, -0.2) is 23.4 Å². The van der Waals surface area contributed by atoms with Gasteiger partial charge in [0.25, 0.3) is 5.91 Å². The van der Waals surface area contributed by atoms with Crippen molar-refractivity contribution in [1.82, 2.24) is 0 Å². The number of rotatable bonds is 4. The summed E-state index contributed by atoms with van der Waals surface area (Å²) in [6.07, 6.45) is 5.49. The van der Waals surface area contributed by atoms with Crippen molar-refractivity contribution in [3.05, 3.63) is 17.0 Å². The number of alkyl halides is 1. The Kier molecular flexibility index (Phi) is 4.04. The molecule has 0 aromatic carbocycles. The fourth-order valence-corrected chi connectivity index (χ4v) is 6.78. The van der Waals surface area contributed by atoms with Gasteiger partial charge in [0, 0.05) is 4.87 Å². The fraction of sp³-hybridized carbons (Fsp3) is 0.611. The first-order valence-corrected chi connectivity index (χ1v) is 9.81. The summed E-state index contributed by atoms with van der Waals surface area (Å²) in [4.78, 5) is 24.6. The van der Waals surface area contributed by atoms with E-state index in [9.17, 15) is 9.59 Å². The van der Waals surface area contributed by atoms with E-state index in [0.29, 0.717) is 28.8 Å². The Morgan fingerprint density at radius 3 is 2.72 bits per heavy atom. The minimum absolute atomic E-state index is 0.260. The molecule has 4 saturated carbocycles. The predicted molar refractivity (Wildman–Crippen MR) is 94.3 cm³/mol. The lowest BCUT2D eigenvalue weighted by atomic mass is 9.49. The van der Waals surface area contributed by atoms with Crippen LogP contribution in [0.5, 0.6) is 0 Å². The summed E-state index contributed by atoms with van der Waals surface area (Å²) >= 11 is 8.01. The molecule has 4 aliphatic rings. The normalized spacial score (nSPS) is 35.2. The molecule has 5 nitrogen and oxygen atoms in total. The monoisotopic (exact) mass is 378 g/mol. The van der Waals surface area contributed by atoms with E-state index in [1.54, 1.807) is 11.4 Å². The van der Waals surface area contributed by atoms with E-state index < -0.39 is 11.3 Å². The van der Waals surface area contributed by atoms with Gasteiger partial charge in [-0.25, -0.2) is 0 Å². The second kappa shape index (κ2) is 6.00. The van der Waals surface area contributed by atoms with Gasteiger partial charge in [-0.2, -0.15) is 5.26 Å². The second-order valence-corrected chi connectivity index (χ2v) is 9.51. The summed E-state index contributed by atoms with van der Waals surface area (Å²) in [6, 6.07) is 3.65. The SMILES string of the molecule is N#Cc1ccsc1NC(=O)COC(=O)C12C[C@@H]3C[C@@H](CC(Cl)(C3)C1)C2. The lowest BCUT2D eigenvalue weighted by molar-refractivity contribution is -0.171. The zero-order valence-electron chi connectivity index (χ0n) is 13.7. The summed E-state index contributed by atoms with van der Waals surface area (Å²) in [6.45, 7) is -0.325. The minimum atomic E-state index is -0.507. The Labute approximate surface area is 155 Å². The zero-order valence-corrected chi connectivity index (χ0v) is 15.3. The van der Waals surface area contributed by atoms with Crippen LogP contribution < -0.4 is 5.32 Å². The lowest BCUT2D eigenvalue weighted by Crippen LogP contribution is -2.56. The molecule has 0 aliphatic heterocycles. The molecule has 4 aliphatic carbocycles. The van der Waals surface area contributed by atoms with Crippen LogP contribution in [0.3, 0.4) is 0 Å². The summed E-state index contributed by atoms with van der Waals surface area (Å²) < 4.78 is 5.37. The van der Waals surface area contributed by atoms with E-state index in [1.807, 2.05) is 6.07 Å². The third-order valence-corrected chi connectivity index (χ3v) is 7.07. The van der Waals surface area contributed by atoms with Gasteiger partial charge in [0.05, 0.1) is 11.0 Å². The highest BCUT2D eigenvalue weighted by Gasteiger charge is 2.60. The Hall–Kier alpha value is -1.58. The van der Waals surface area contributed by atoms with Crippen LogP contribution in [0.15, 0.2) is 11.4 Å². The number of nitriles is 1. The number of carbonyl (C=O) groups is 2. The molecule has 132 valence electrons. The third-order valence-electron chi connectivity index (χ3n) is 5.80. The molecule has 1 N–H and O–H groups in total. The molecule has 4 bridgehead atoms. The van der Waals surface area contributed by atoms with E-state index >= 15 is 0 Å². The number of hydrogen-bond donors (Lipinski definition) is 1. The van der Waals surface area contributed by atoms with Crippen molar-refractivity contribution in [2.24, 2.45) is 17.3 Å². The van der Waals surface area contributed by atoms with E-state index in [1.165, 1.54) is 17.8 Å². The van der Waals surface area contributed by atoms with Crippen molar-refractivity contribution in [3.8, 4) is 6.07 Å². The topological polar surface area (TPSA) is 79.2 Å². The third kappa shape index (κ3) is 3.04. The predicted octanol–water partition coefficient (Wildman–Crippen LogP) is 3.68. The molecule has 4 atom stereocenters. The molecule has 1 aromatic rings. The Morgan fingerprint density at radius 2 is 2.08 bits per heavy atom. The molecule has 1 aromatic heterocycles. The summed E-state index contributed by atoms with van der Waals surface area (Å²) in [5.74, 6) is 0.306. The molecule has 0 radical (unpaired) electrons. The number of anilines is 1. The number of hydrogen-bond acceptors (Lipinski definition) is 5. The highest BCUT2D eigenvalue weighted by molar-refractivity contribution is 7.14. The first-order chi connectivity index (χ1) is 11.9. The van der Waals surface area contributed by atoms with Gasteiger partial charge in [-0.05, 0) is 61.8 Å². The summed E-state index contributed by atoms with van der Waals surface area (Å²) in [5, 5.41) is 13.8. The zero-order chi connectivity index (χ0) is 17.7. The smallest absolute Gasteiger partial charge is 0.312 e. The minimum Gasteiger partial charge on any atom is -0.455 e. The number of nitrogens with one attached hydrogen (secondary N) is 1. The van der Waals surface area contributed by atoms with Crippen molar-refractivity contribution in [3.63, 3.8) is 0 Å². The maximum Gasteiger partial charge on any atom is 0.312 e. The second-order valence-electron chi connectivity index (χ2n) is 7.79. The van der Waals surface area contributed by atoms with Crippen LogP contribution >= 0.6 is 22.9 Å². The number of halogens is 1. The molecule has 7 heteroatoms. The number of carbonyl (C=O) groups excluding carboxylic acids is 2. The van der Waals surface area contributed by atoms with Gasteiger partial charge < -0.3 is 10.1 Å². The maximum absolute atomic E-state index is 12.8. The first-order valence-electron chi connectivity index (χ1n) is 8.55. The van der Waals surface area contributed by atoms with E-state index in [4.69, 9.17) is 21.6 Å². The Bertz CT molecular complexity index is 755. The van der Waals surface area contributed by atoms with Crippen molar-refractivity contribution in [1.29, 1.82) is 5.26 Å². The number of esters is 1. The fourth-order valence-electron chi connectivity index (χ4n) is 5.33. The molecule has 25 heavy (non-hydrogen) atoms. The molecule has 0 saturated heterocycles. The van der Waals surface area contributed by atoms with Crippen molar-refractivity contribution < 1.29 is 14.3 Å². The first kappa shape index (κ1) is 16.9. The average molecular weight is 379 g/mol. The van der Waals surface area contributed by atoms with Crippen molar-refractivity contribution >= 4 is 39.8 Å². The standard InChI is InChI=1S/C18H19ClN2O3S/c19-18-6-11-3-12(7-18)5-17(4-11,10-18)16(23)24-9-14(22)21-15-13(8-20)1-2-25-15/h1-2,11-12H,3-7,9-10H2,(H,21,22)/t11-,12+,17?,18?. The number of amides is 1. The summed E-state index contributed by atoms with van der Waals surface area (Å²) in [5.41, 5.74) is -0.0952. The van der Waals surface area contributed by atoms with Crippen LogP contribution in [0.2, 0.25) is 0 Å². The summed E-state index contributed by atoms with van der Waals surface area (Å²) in [7, 11) is 0. The van der Waals surface area contributed by atoms with Crippen LogP contribution in [-0.2, 0) is 14.3 Å². The van der Waals surface area contributed by atoms with Crippen LogP contribution in [0, 0.1) is 28.6 Å². The number of thiophene rings is 1. The van der Waals surface area contributed by atoms with Crippen molar-refractivity contribution in [2.75, 3.05) is 11.9 Å². The van der Waals surface area contributed by atoms with Gasteiger partial charge in [0.15, 0.2) is 6.61 Å². The Morgan fingerprint density at radius 1 is 1.36 bits per heavy atom. The molecule has 5 rings (SSSR count). The largest absolute Gasteiger partial charge is 0.455 e. The van der Waals surface area contributed by atoms with Gasteiger partial charge in [-0.1, -0.05) is 0 Å². The molecule has 0 spiro atoms. The molecule has 4 fully saturated rings. The lowest BCUT2D eigenvalue weighted by Gasteiger charge is -2.58. The van der Waals surface area contributed by atoms with Gasteiger partial charge >= 0.3 is 5.97 Å². The molecular formula is C18H19ClN2O3S. The van der Waals surface area contributed by atoms with Gasteiger partial charge in [0.2, 0.25) is 0 Å². The molecule has 2 unspecified atom stereocenters. The molecule has 1 heterocycles. The van der Waals surface area contributed by atoms with E-state index in [0.717, 1.165) is 25.7 Å². The van der Waals surface area contributed by atoms with Crippen molar-refractivity contribution in [2.45, 2.75) is 43.4 Å². The van der Waals surface area contributed by atoms with Crippen LogP contribution in [0.1, 0.15) is 44.1 Å². The average Bonchev–Trinajstić information content (AvgIpc) is 2.97. The van der Waals surface area contributed by atoms with Gasteiger partial charge in [-0.15, -0.1) is 22.9 Å². The Balaban J connectivity index is 1.38. The van der Waals surface area contributed by atoms with E-state index in [2.05, 4.69) is 5.32 Å². The van der Waals surface area contributed by atoms with Crippen LogP contribution in [0.25, 0.3) is 0 Å². The number of ether oxygens (including phenoxy) is 1. The quantitative estimate of drug-likeness (QED) is 0.640. The highest BCUT2D eigenvalue weighted by atomic mass is 35.5. The number of nitrogens with zero attached hydrogens (tertiary/aromatic N) is 1. The highest BCUT2D eigenvalue weighted by Crippen LogP contribution is 2.64. The van der Waals surface area contributed by atoms with Gasteiger partial charge in [0.1, 0.15) is 11.1 Å².